The van der Waals surface area contributed by atoms with Gasteiger partial charge in [0.05, 0.1) is 5.69 Å². The molecule has 0 saturated carbocycles. The van der Waals surface area contributed by atoms with Crippen molar-refractivity contribution in [2.75, 3.05) is 24.5 Å². The van der Waals surface area contributed by atoms with Gasteiger partial charge in [0.1, 0.15) is 5.82 Å². The van der Waals surface area contributed by atoms with E-state index >= 15 is 0 Å². The smallest absolute Gasteiger partial charge is 0.146 e. The molecule has 0 aliphatic carbocycles. The van der Waals surface area contributed by atoms with Crippen LogP contribution in [-0.4, -0.2) is 36.6 Å². The van der Waals surface area contributed by atoms with E-state index in [0.29, 0.717) is 18.0 Å². The number of hydrogen-bond acceptors (Lipinski definition) is 2. The lowest BCUT2D eigenvalue weighted by molar-refractivity contribution is 0.202. The second-order valence-electron chi connectivity index (χ2n) is 5.67. The quantitative estimate of drug-likeness (QED) is 0.769. The van der Waals surface area contributed by atoms with Crippen LogP contribution in [0.25, 0.3) is 0 Å². The summed E-state index contributed by atoms with van der Waals surface area (Å²) in [7, 11) is 0. The van der Waals surface area contributed by atoms with Crippen LogP contribution in [0, 0.1) is 5.82 Å². The highest BCUT2D eigenvalue weighted by Crippen LogP contribution is 2.33. The molecule has 1 aromatic carbocycles. The van der Waals surface area contributed by atoms with Crippen molar-refractivity contribution in [1.82, 2.24) is 4.90 Å². The Bertz CT molecular complexity index is 465. The first kappa shape index (κ1) is 13.2. The van der Waals surface area contributed by atoms with E-state index in [9.17, 15) is 4.39 Å². The van der Waals surface area contributed by atoms with E-state index in [1.807, 2.05) is 6.07 Å². The Morgan fingerprint density at radius 1 is 1.37 bits per heavy atom. The minimum Gasteiger partial charge on any atom is -0.363 e. The minimum atomic E-state index is -0.142. The minimum absolute atomic E-state index is 0.142. The largest absolute Gasteiger partial charge is 0.363 e. The maximum Gasteiger partial charge on any atom is 0.146 e. The fourth-order valence-corrected chi connectivity index (χ4v) is 3.70. The highest BCUT2D eigenvalue weighted by Gasteiger charge is 2.35. The van der Waals surface area contributed by atoms with Gasteiger partial charge in [-0.1, -0.05) is 12.1 Å². The molecular weight excluding hydrogens is 263 g/mol. The molecule has 2 atom stereocenters. The number of rotatable bonds is 2. The predicted octanol–water partition coefficient (Wildman–Crippen LogP) is 3.24. The number of para-hydroxylation sites is 1. The highest BCUT2D eigenvalue weighted by atomic mass is 35.5. The zero-order valence-electron chi connectivity index (χ0n) is 11.3. The Balaban J connectivity index is 1.93. The molecule has 0 radical (unpaired) electrons. The topological polar surface area (TPSA) is 6.48 Å². The number of benzene rings is 1. The summed E-state index contributed by atoms with van der Waals surface area (Å²) >= 11 is 5.98. The summed E-state index contributed by atoms with van der Waals surface area (Å²) in [5, 5.41) is 0. The van der Waals surface area contributed by atoms with Crippen molar-refractivity contribution < 1.29 is 4.39 Å². The van der Waals surface area contributed by atoms with E-state index in [0.717, 1.165) is 24.3 Å². The van der Waals surface area contributed by atoms with Crippen LogP contribution in [0.4, 0.5) is 10.1 Å². The standard InChI is InChI=1S/C15H20ClFN2/c1-11-9-18-7-3-5-13(18)10-19(11)15-12(8-16)4-2-6-14(15)17/h2,4,6,11,13H,3,5,7-10H2,1H3. The lowest BCUT2D eigenvalue weighted by Gasteiger charge is -2.44. The number of hydrogen-bond donors (Lipinski definition) is 0. The van der Waals surface area contributed by atoms with Crippen molar-refractivity contribution in [1.29, 1.82) is 0 Å². The van der Waals surface area contributed by atoms with Crippen molar-refractivity contribution in [2.24, 2.45) is 0 Å². The summed E-state index contributed by atoms with van der Waals surface area (Å²) in [5.41, 5.74) is 1.62. The number of halogens is 2. The fourth-order valence-electron chi connectivity index (χ4n) is 3.49. The SMILES string of the molecule is CC1CN2CCCC2CN1c1c(F)cccc1CCl. The molecule has 0 spiro atoms. The van der Waals surface area contributed by atoms with Gasteiger partial charge < -0.3 is 4.90 Å². The van der Waals surface area contributed by atoms with Gasteiger partial charge in [-0.3, -0.25) is 4.90 Å². The molecule has 1 aromatic rings. The van der Waals surface area contributed by atoms with E-state index < -0.39 is 0 Å². The summed E-state index contributed by atoms with van der Waals surface area (Å²) < 4.78 is 14.2. The molecule has 0 N–H and O–H groups in total. The van der Waals surface area contributed by atoms with Crippen LogP contribution in [0.1, 0.15) is 25.3 Å². The van der Waals surface area contributed by atoms with E-state index in [-0.39, 0.29) is 5.82 Å². The number of anilines is 1. The Morgan fingerprint density at radius 2 is 2.21 bits per heavy atom. The van der Waals surface area contributed by atoms with Gasteiger partial charge in [-0.2, -0.15) is 0 Å². The molecule has 2 aliphatic rings. The lowest BCUT2D eigenvalue weighted by Crippen LogP contribution is -2.55. The van der Waals surface area contributed by atoms with Crippen LogP contribution in [-0.2, 0) is 5.88 Å². The average molecular weight is 283 g/mol. The predicted molar refractivity (Wildman–Crippen MR) is 77.4 cm³/mol. The third kappa shape index (κ3) is 2.34. The van der Waals surface area contributed by atoms with E-state index in [1.54, 1.807) is 12.1 Å². The molecule has 2 aliphatic heterocycles. The molecule has 104 valence electrons. The molecule has 0 bridgehead atoms. The van der Waals surface area contributed by atoms with Crippen LogP contribution in [0.15, 0.2) is 18.2 Å². The van der Waals surface area contributed by atoms with Gasteiger partial charge in [-0.25, -0.2) is 4.39 Å². The van der Waals surface area contributed by atoms with E-state index in [4.69, 9.17) is 11.6 Å². The van der Waals surface area contributed by atoms with Gasteiger partial charge in [0.15, 0.2) is 0 Å². The van der Waals surface area contributed by atoms with Crippen molar-refractivity contribution in [3.8, 4) is 0 Å². The zero-order valence-corrected chi connectivity index (χ0v) is 12.0. The van der Waals surface area contributed by atoms with Gasteiger partial charge in [0.2, 0.25) is 0 Å². The van der Waals surface area contributed by atoms with Crippen molar-refractivity contribution in [2.45, 2.75) is 37.7 Å². The summed E-state index contributed by atoms with van der Waals surface area (Å²) in [6.45, 7) is 5.33. The first-order valence-electron chi connectivity index (χ1n) is 7.04. The zero-order chi connectivity index (χ0) is 13.4. The second-order valence-corrected chi connectivity index (χ2v) is 5.94. The molecule has 2 nitrogen and oxygen atoms in total. The van der Waals surface area contributed by atoms with Gasteiger partial charge in [0, 0.05) is 31.1 Å². The van der Waals surface area contributed by atoms with Crippen LogP contribution in [0.2, 0.25) is 0 Å². The summed E-state index contributed by atoms with van der Waals surface area (Å²) in [6.07, 6.45) is 2.50. The highest BCUT2D eigenvalue weighted by molar-refractivity contribution is 6.17. The van der Waals surface area contributed by atoms with Crippen LogP contribution in [0.3, 0.4) is 0 Å². The number of nitrogens with zero attached hydrogens (tertiary/aromatic N) is 2. The monoisotopic (exact) mass is 282 g/mol. The van der Waals surface area contributed by atoms with E-state index in [1.165, 1.54) is 19.4 Å². The molecule has 2 unspecified atom stereocenters. The first-order chi connectivity index (χ1) is 9.20. The summed E-state index contributed by atoms with van der Waals surface area (Å²) in [6, 6.07) is 6.14. The molecular formula is C15H20ClFN2. The molecule has 0 amide bonds. The van der Waals surface area contributed by atoms with Gasteiger partial charge >= 0.3 is 0 Å². The number of fused-ring (bicyclic) bond motifs is 1. The molecule has 2 fully saturated rings. The fraction of sp³-hybridized carbons (Fsp3) is 0.600. The first-order valence-corrected chi connectivity index (χ1v) is 7.58. The molecule has 2 saturated heterocycles. The Kier molecular flexibility index (Phi) is 3.68. The maximum atomic E-state index is 14.2. The Hall–Kier alpha value is -0.800. The van der Waals surface area contributed by atoms with Crippen LogP contribution < -0.4 is 4.90 Å². The summed E-state index contributed by atoms with van der Waals surface area (Å²) in [4.78, 5) is 4.77. The van der Waals surface area contributed by atoms with Gasteiger partial charge in [0.25, 0.3) is 0 Å². The van der Waals surface area contributed by atoms with Crippen molar-refractivity contribution in [3.63, 3.8) is 0 Å². The van der Waals surface area contributed by atoms with Crippen LogP contribution in [0.5, 0.6) is 0 Å². The Morgan fingerprint density at radius 3 is 3.00 bits per heavy atom. The van der Waals surface area contributed by atoms with Gasteiger partial charge in [-0.05, 0) is 37.9 Å². The van der Waals surface area contributed by atoms with E-state index in [2.05, 4.69) is 16.7 Å². The molecule has 2 heterocycles. The lowest BCUT2D eigenvalue weighted by atomic mass is 10.0. The molecule has 0 aromatic heterocycles. The molecule has 3 rings (SSSR count). The van der Waals surface area contributed by atoms with Crippen LogP contribution >= 0.6 is 11.6 Å². The third-order valence-corrected chi connectivity index (χ3v) is 4.73. The summed E-state index contributed by atoms with van der Waals surface area (Å²) in [5.74, 6) is 0.224. The Labute approximate surface area is 119 Å². The molecule has 19 heavy (non-hydrogen) atoms. The second kappa shape index (κ2) is 5.29. The van der Waals surface area contributed by atoms with Crippen molar-refractivity contribution >= 4 is 17.3 Å². The maximum absolute atomic E-state index is 14.2. The number of piperazine rings is 1. The molecule has 4 heteroatoms. The van der Waals surface area contributed by atoms with Crippen molar-refractivity contribution in [3.05, 3.63) is 29.6 Å². The number of alkyl halides is 1. The third-order valence-electron chi connectivity index (χ3n) is 4.44. The normalized spacial score (nSPS) is 27.6. The average Bonchev–Trinajstić information content (AvgIpc) is 2.84. The van der Waals surface area contributed by atoms with Gasteiger partial charge in [-0.15, -0.1) is 11.6 Å².